The van der Waals surface area contributed by atoms with E-state index in [2.05, 4.69) is 24.1 Å². The second-order valence-electron chi connectivity index (χ2n) is 11.2. The lowest BCUT2D eigenvalue weighted by Gasteiger charge is -2.30. The first-order chi connectivity index (χ1) is 18.6. The molecular formula is C29H38FN5O4. The van der Waals surface area contributed by atoms with Gasteiger partial charge < -0.3 is 16.0 Å². The Morgan fingerprint density at radius 1 is 1.10 bits per heavy atom. The number of nitro groups is 1. The molecule has 9 nitrogen and oxygen atoms in total. The standard InChI is InChI=1S/C29H38FN5O4/c1-19(2)16-33(17-20-3-13-25(14-4-20)35(38)39)26-15-27(28(36)32-24-11-9-23(31)10-12-24)34(18-26)29(37)21-5-7-22(30)8-6-21/h3-8,13-14,19,23-24,26-27H,9-12,15-18,31H2,1-2H3,(H,32,36). The van der Waals surface area contributed by atoms with E-state index in [4.69, 9.17) is 5.73 Å². The van der Waals surface area contributed by atoms with Gasteiger partial charge in [-0.1, -0.05) is 26.0 Å². The highest BCUT2D eigenvalue weighted by atomic mass is 19.1. The van der Waals surface area contributed by atoms with Crippen LogP contribution in [0, 0.1) is 21.8 Å². The molecule has 0 radical (unpaired) electrons. The molecule has 2 fully saturated rings. The molecule has 2 aromatic carbocycles. The molecule has 1 saturated heterocycles. The monoisotopic (exact) mass is 539 g/mol. The van der Waals surface area contributed by atoms with Gasteiger partial charge in [0.1, 0.15) is 11.9 Å². The van der Waals surface area contributed by atoms with Gasteiger partial charge in [0.25, 0.3) is 11.6 Å². The fourth-order valence-corrected chi connectivity index (χ4v) is 5.64. The minimum absolute atomic E-state index is 0.0333. The van der Waals surface area contributed by atoms with Gasteiger partial charge in [0.15, 0.2) is 0 Å². The van der Waals surface area contributed by atoms with Crippen LogP contribution in [-0.2, 0) is 11.3 Å². The topological polar surface area (TPSA) is 122 Å². The molecule has 0 bridgehead atoms. The summed E-state index contributed by atoms with van der Waals surface area (Å²) in [6.07, 6.45) is 3.80. The highest BCUT2D eigenvalue weighted by Crippen LogP contribution is 2.28. The maximum Gasteiger partial charge on any atom is 0.269 e. The normalized spacial score (nSPS) is 23.3. The second-order valence-corrected chi connectivity index (χ2v) is 11.2. The molecule has 1 saturated carbocycles. The van der Waals surface area contributed by atoms with E-state index in [1.54, 1.807) is 17.0 Å². The molecule has 1 aliphatic heterocycles. The van der Waals surface area contributed by atoms with Crippen LogP contribution in [0.4, 0.5) is 10.1 Å². The van der Waals surface area contributed by atoms with Gasteiger partial charge in [0.05, 0.1) is 4.92 Å². The van der Waals surface area contributed by atoms with Gasteiger partial charge in [-0.3, -0.25) is 24.6 Å². The van der Waals surface area contributed by atoms with Crippen molar-refractivity contribution in [3.63, 3.8) is 0 Å². The number of carbonyl (C=O) groups excluding carboxylic acids is 2. The largest absolute Gasteiger partial charge is 0.352 e. The first-order valence-corrected chi connectivity index (χ1v) is 13.7. The van der Waals surface area contributed by atoms with E-state index in [9.17, 15) is 24.1 Å². The Kier molecular flexibility index (Phi) is 9.29. The number of rotatable bonds is 9. The van der Waals surface area contributed by atoms with E-state index in [1.807, 2.05) is 0 Å². The minimum Gasteiger partial charge on any atom is -0.352 e. The molecular weight excluding hydrogens is 501 g/mol. The average Bonchev–Trinajstić information content (AvgIpc) is 3.35. The predicted molar refractivity (Wildman–Crippen MR) is 146 cm³/mol. The Labute approximate surface area is 228 Å². The summed E-state index contributed by atoms with van der Waals surface area (Å²) >= 11 is 0. The molecule has 2 unspecified atom stereocenters. The summed E-state index contributed by atoms with van der Waals surface area (Å²) in [5.74, 6) is -0.582. The van der Waals surface area contributed by atoms with Crippen LogP contribution in [-0.4, -0.2) is 63.8 Å². The third-order valence-electron chi connectivity index (χ3n) is 7.70. The maximum absolute atomic E-state index is 13.6. The molecule has 0 aromatic heterocycles. The Bertz CT molecular complexity index is 1150. The van der Waals surface area contributed by atoms with Crippen LogP contribution in [0.2, 0.25) is 0 Å². The number of nitrogens with zero attached hydrogens (tertiary/aromatic N) is 3. The third-order valence-corrected chi connectivity index (χ3v) is 7.70. The minimum atomic E-state index is -0.658. The van der Waals surface area contributed by atoms with Gasteiger partial charge in [0.2, 0.25) is 5.91 Å². The van der Waals surface area contributed by atoms with E-state index in [1.165, 1.54) is 36.4 Å². The Hall–Kier alpha value is -3.37. The number of halogens is 1. The molecule has 2 aromatic rings. The Morgan fingerprint density at radius 2 is 1.74 bits per heavy atom. The van der Waals surface area contributed by atoms with Gasteiger partial charge in [-0.05, 0) is 67.9 Å². The number of hydrogen-bond acceptors (Lipinski definition) is 6. The summed E-state index contributed by atoms with van der Waals surface area (Å²) in [6, 6.07) is 11.3. The summed E-state index contributed by atoms with van der Waals surface area (Å²) in [5, 5.41) is 14.2. The molecule has 1 heterocycles. The zero-order valence-corrected chi connectivity index (χ0v) is 22.6. The molecule has 2 atom stereocenters. The molecule has 10 heteroatoms. The molecule has 2 aliphatic rings. The maximum atomic E-state index is 13.6. The number of non-ortho nitro benzene ring substituents is 1. The SMILES string of the molecule is CC(C)CN(Cc1ccc([N+](=O)[O-])cc1)C1CC(C(=O)NC2CCC(N)CC2)N(C(=O)c2ccc(F)cc2)C1. The summed E-state index contributed by atoms with van der Waals surface area (Å²) in [6.45, 7) is 5.83. The van der Waals surface area contributed by atoms with Crippen LogP contribution in [0.15, 0.2) is 48.5 Å². The average molecular weight is 540 g/mol. The lowest BCUT2D eigenvalue weighted by atomic mass is 9.91. The summed E-state index contributed by atoms with van der Waals surface area (Å²) < 4.78 is 13.5. The quantitative estimate of drug-likeness (QED) is 0.369. The molecule has 3 N–H and O–H groups in total. The Balaban J connectivity index is 1.56. The second kappa shape index (κ2) is 12.7. The fraction of sp³-hybridized carbons (Fsp3) is 0.517. The number of benzene rings is 2. The molecule has 2 amide bonds. The van der Waals surface area contributed by atoms with Crippen molar-refractivity contribution < 1.29 is 18.9 Å². The number of nitrogens with two attached hydrogens (primary N) is 1. The van der Waals surface area contributed by atoms with Crippen LogP contribution in [0.25, 0.3) is 0 Å². The number of carbonyl (C=O) groups is 2. The zero-order chi connectivity index (χ0) is 28.1. The summed E-state index contributed by atoms with van der Waals surface area (Å²) in [5.41, 5.74) is 7.32. The number of hydrogen-bond donors (Lipinski definition) is 2. The van der Waals surface area contributed by atoms with E-state index in [0.29, 0.717) is 31.0 Å². The lowest BCUT2D eigenvalue weighted by Crippen LogP contribution is -2.50. The van der Waals surface area contributed by atoms with Crippen molar-refractivity contribution in [1.29, 1.82) is 0 Å². The van der Waals surface area contributed by atoms with Crippen LogP contribution in [0.5, 0.6) is 0 Å². The first-order valence-electron chi connectivity index (χ1n) is 13.7. The highest BCUT2D eigenvalue weighted by Gasteiger charge is 2.42. The van der Waals surface area contributed by atoms with Gasteiger partial charge >= 0.3 is 0 Å². The van der Waals surface area contributed by atoms with Crippen LogP contribution in [0.3, 0.4) is 0 Å². The zero-order valence-electron chi connectivity index (χ0n) is 22.6. The molecule has 4 rings (SSSR count). The van der Waals surface area contributed by atoms with Crippen molar-refractivity contribution >= 4 is 17.5 Å². The molecule has 39 heavy (non-hydrogen) atoms. The van der Waals surface area contributed by atoms with Crippen molar-refractivity contribution in [2.24, 2.45) is 11.7 Å². The van der Waals surface area contributed by atoms with Crippen molar-refractivity contribution in [1.82, 2.24) is 15.1 Å². The van der Waals surface area contributed by atoms with Crippen LogP contribution < -0.4 is 11.1 Å². The number of likely N-dealkylation sites (tertiary alicyclic amines) is 1. The smallest absolute Gasteiger partial charge is 0.269 e. The number of nitro benzene ring substituents is 1. The summed E-state index contributed by atoms with van der Waals surface area (Å²) in [7, 11) is 0. The van der Waals surface area contributed by atoms with Crippen molar-refractivity contribution in [2.45, 2.75) is 76.7 Å². The first kappa shape index (κ1) is 28.6. The van der Waals surface area contributed by atoms with Gasteiger partial charge in [-0.25, -0.2) is 4.39 Å². The lowest BCUT2D eigenvalue weighted by molar-refractivity contribution is -0.384. The fourth-order valence-electron chi connectivity index (χ4n) is 5.64. The van der Waals surface area contributed by atoms with Gasteiger partial charge in [-0.2, -0.15) is 0 Å². The van der Waals surface area contributed by atoms with E-state index in [-0.39, 0.29) is 35.6 Å². The Morgan fingerprint density at radius 3 is 2.33 bits per heavy atom. The van der Waals surface area contributed by atoms with E-state index >= 15 is 0 Å². The highest BCUT2D eigenvalue weighted by molar-refractivity contribution is 5.98. The molecule has 210 valence electrons. The summed E-state index contributed by atoms with van der Waals surface area (Å²) in [4.78, 5) is 41.7. The molecule has 1 aliphatic carbocycles. The van der Waals surface area contributed by atoms with Crippen LogP contribution in [0.1, 0.15) is 61.9 Å². The number of nitrogens with one attached hydrogen (secondary N) is 1. The van der Waals surface area contributed by atoms with Crippen molar-refractivity contribution in [3.8, 4) is 0 Å². The van der Waals surface area contributed by atoms with Gasteiger partial charge in [0, 0.05) is 55.5 Å². The van der Waals surface area contributed by atoms with Crippen molar-refractivity contribution in [3.05, 3.63) is 75.6 Å². The van der Waals surface area contributed by atoms with Crippen molar-refractivity contribution in [2.75, 3.05) is 13.1 Å². The van der Waals surface area contributed by atoms with E-state index < -0.39 is 16.8 Å². The predicted octanol–water partition coefficient (Wildman–Crippen LogP) is 3.86. The van der Waals surface area contributed by atoms with Gasteiger partial charge in [-0.15, -0.1) is 0 Å². The van der Waals surface area contributed by atoms with E-state index in [0.717, 1.165) is 37.8 Å². The number of amides is 2. The third kappa shape index (κ3) is 7.39. The van der Waals surface area contributed by atoms with Crippen LogP contribution >= 0.6 is 0 Å². The molecule has 0 spiro atoms.